The summed E-state index contributed by atoms with van der Waals surface area (Å²) < 4.78 is 11.9. The summed E-state index contributed by atoms with van der Waals surface area (Å²) in [6.07, 6.45) is 3.07. The van der Waals surface area contributed by atoms with Crippen molar-refractivity contribution in [2.45, 2.75) is 44.0 Å². The van der Waals surface area contributed by atoms with Crippen LogP contribution in [0.25, 0.3) is 0 Å². The van der Waals surface area contributed by atoms with Gasteiger partial charge in [0.15, 0.2) is 0 Å². The van der Waals surface area contributed by atoms with Crippen molar-refractivity contribution in [2.24, 2.45) is 5.73 Å². The smallest absolute Gasteiger partial charge is 0.0529 e. The Balaban J connectivity index is 2.35. The Morgan fingerprint density at radius 1 is 1.38 bits per heavy atom. The minimum atomic E-state index is -0.849. The van der Waals surface area contributed by atoms with E-state index in [0.29, 0.717) is 0 Å². The number of hydrogen-bond acceptors (Lipinski definition) is 2. The van der Waals surface area contributed by atoms with Crippen molar-refractivity contribution in [1.82, 2.24) is 0 Å². The van der Waals surface area contributed by atoms with Gasteiger partial charge < -0.3 is 5.73 Å². The minimum Gasteiger partial charge on any atom is -0.328 e. The number of nitrogens with two attached hydrogens (primary N) is 1. The third-order valence-corrected chi connectivity index (χ3v) is 3.93. The van der Waals surface area contributed by atoms with Gasteiger partial charge in [-0.25, -0.2) is 0 Å². The summed E-state index contributed by atoms with van der Waals surface area (Å²) in [6.45, 7) is 4.04. The molecule has 0 amide bonds. The lowest BCUT2D eigenvalue weighted by molar-refractivity contribution is 0.613. The molecule has 0 bridgehead atoms. The van der Waals surface area contributed by atoms with Gasteiger partial charge in [0, 0.05) is 16.7 Å². The molecule has 0 radical (unpaired) electrons. The summed E-state index contributed by atoms with van der Waals surface area (Å²) in [6, 6.07) is 8.19. The first kappa shape index (κ1) is 13.4. The van der Waals surface area contributed by atoms with Crippen LogP contribution in [-0.2, 0) is 10.8 Å². The average molecular weight is 239 g/mol. The Labute approximate surface area is 101 Å². The summed E-state index contributed by atoms with van der Waals surface area (Å²) in [7, 11) is -0.849. The zero-order chi connectivity index (χ0) is 12.0. The highest BCUT2D eigenvalue weighted by Gasteiger charge is 2.03. The second-order valence-corrected chi connectivity index (χ2v) is 5.91. The zero-order valence-electron chi connectivity index (χ0n) is 10.1. The number of rotatable bonds is 6. The molecule has 0 aliphatic rings. The van der Waals surface area contributed by atoms with Gasteiger partial charge in [0.25, 0.3) is 0 Å². The fourth-order valence-corrected chi connectivity index (χ4v) is 2.82. The largest absolute Gasteiger partial charge is 0.328 e. The fraction of sp³-hybridized carbons (Fsp3) is 0.538. The molecule has 3 heteroatoms. The van der Waals surface area contributed by atoms with E-state index < -0.39 is 10.8 Å². The van der Waals surface area contributed by atoms with Crippen molar-refractivity contribution in [3.05, 3.63) is 29.8 Å². The number of benzene rings is 1. The molecule has 1 aromatic carbocycles. The third kappa shape index (κ3) is 4.90. The van der Waals surface area contributed by atoms with Crippen LogP contribution in [0.1, 0.15) is 31.7 Å². The second kappa shape index (κ2) is 6.81. The Kier molecular flexibility index (Phi) is 5.71. The first-order valence-electron chi connectivity index (χ1n) is 5.80. The Bertz CT molecular complexity index is 350. The molecule has 0 saturated heterocycles. The minimum absolute atomic E-state index is 0.257. The molecular weight excluding hydrogens is 218 g/mol. The van der Waals surface area contributed by atoms with Crippen LogP contribution in [0.3, 0.4) is 0 Å². The van der Waals surface area contributed by atoms with Gasteiger partial charge in [0.2, 0.25) is 0 Å². The summed E-state index contributed by atoms with van der Waals surface area (Å²) in [5, 5.41) is 0. The van der Waals surface area contributed by atoms with Crippen molar-refractivity contribution in [1.29, 1.82) is 0 Å². The standard InChI is InChI=1S/C13H21NOS/c1-11-6-5-8-13(10-11)16(15)9-4-3-7-12(2)14/h5-6,8,10,12H,3-4,7,9,14H2,1-2H3. The maximum Gasteiger partial charge on any atom is 0.0529 e. The quantitative estimate of drug-likeness (QED) is 0.775. The van der Waals surface area contributed by atoms with Crippen LogP contribution in [0.2, 0.25) is 0 Å². The molecule has 90 valence electrons. The Hall–Kier alpha value is -0.670. The van der Waals surface area contributed by atoms with Gasteiger partial charge in [0.1, 0.15) is 0 Å². The van der Waals surface area contributed by atoms with Crippen molar-refractivity contribution in [3.8, 4) is 0 Å². The summed E-state index contributed by atoms with van der Waals surface area (Å²) in [5.74, 6) is 0.746. The van der Waals surface area contributed by atoms with E-state index in [9.17, 15) is 4.21 Å². The highest BCUT2D eigenvalue weighted by atomic mass is 32.2. The molecule has 2 unspecified atom stereocenters. The van der Waals surface area contributed by atoms with Crippen molar-refractivity contribution < 1.29 is 4.21 Å². The number of unbranched alkanes of at least 4 members (excludes halogenated alkanes) is 1. The van der Waals surface area contributed by atoms with E-state index in [0.717, 1.165) is 29.9 Å². The van der Waals surface area contributed by atoms with Crippen LogP contribution in [0.4, 0.5) is 0 Å². The SMILES string of the molecule is Cc1cccc(S(=O)CCCCC(C)N)c1. The zero-order valence-corrected chi connectivity index (χ0v) is 10.9. The van der Waals surface area contributed by atoms with Crippen LogP contribution in [0.15, 0.2) is 29.2 Å². The molecule has 0 aliphatic carbocycles. The van der Waals surface area contributed by atoms with E-state index >= 15 is 0 Å². The Morgan fingerprint density at radius 3 is 2.75 bits per heavy atom. The Morgan fingerprint density at radius 2 is 2.12 bits per heavy atom. The van der Waals surface area contributed by atoms with E-state index in [4.69, 9.17) is 5.73 Å². The van der Waals surface area contributed by atoms with Crippen molar-refractivity contribution >= 4 is 10.8 Å². The predicted molar refractivity (Wildman–Crippen MR) is 70.0 cm³/mol. The average Bonchev–Trinajstić information content (AvgIpc) is 2.24. The molecule has 2 N–H and O–H groups in total. The first-order valence-corrected chi connectivity index (χ1v) is 7.12. The molecular formula is C13H21NOS. The molecule has 2 atom stereocenters. The summed E-state index contributed by atoms with van der Waals surface area (Å²) >= 11 is 0. The van der Waals surface area contributed by atoms with Gasteiger partial charge in [-0.1, -0.05) is 18.6 Å². The molecule has 0 aromatic heterocycles. The van der Waals surface area contributed by atoms with Crippen LogP contribution in [-0.4, -0.2) is 16.0 Å². The molecule has 0 heterocycles. The van der Waals surface area contributed by atoms with E-state index in [2.05, 4.69) is 0 Å². The third-order valence-electron chi connectivity index (χ3n) is 2.49. The van der Waals surface area contributed by atoms with Crippen molar-refractivity contribution in [3.63, 3.8) is 0 Å². The van der Waals surface area contributed by atoms with Crippen molar-refractivity contribution in [2.75, 3.05) is 5.75 Å². The lowest BCUT2D eigenvalue weighted by Crippen LogP contribution is -2.14. The van der Waals surface area contributed by atoms with Gasteiger partial charge in [-0.05, 0) is 44.4 Å². The van der Waals surface area contributed by atoms with Gasteiger partial charge >= 0.3 is 0 Å². The lowest BCUT2D eigenvalue weighted by Gasteiger charge is -2.05. The van der Waals surface area contributed by atoms with Crippen LogP contribution >= 0.6 is 0 Å². The van der Waals surface area contributed by atoms with Gasteiger partial charge in [0.05, 0.1) is 10.8 Å². The topological polar surface area (TPSA) is 43.1 Å². The monoisotopic (exact) mass is 239 g/mol. The highest BCUT2D eigenvalue weighted by molar-refractivity contribution is 7.85. The number of aryl methyl sites for hydroxylation is 1. The van der Waals surface area contributed by atoms with Crippen LogP contribution in [0, 0.1) is 6.92 Å². The first-order chi connectivity index (χ1) is 7.59. The molecule has 0 spiro atoms. The molecule has 1 aromatic rings. The predicted octanol–water partition coefficient (Wildman–Crippen LogP) is 2.62. The molecule has 0 fully saturated rings. The summed E-state index contributed by atoms with van der Waals surface area (Å²) in [4.78, 5) is 0.945. The molecule has 0 saturated carbocycles. The highest BCUT2D eigenvalue weighted by Crippen LogP contribution is 2.11. The molecule has 2 nitrogen and oxygen atoms in total. The van der Waals surface area contributed by atoms with E-state index in [1.807, 2.05) is 38.1 Å². The fourth-order valence-electron chi connectivity index (χ4n) is 1.57. The number of hydrogen-bond donors (Lipinski definition) is 1. The summed E-state index contributed by atoms with van der Waals surface area (Å²) in [5.41, 5.74) is 6.83. The van der Waals surface area contributed by atoms with E-state index in [1.54, 1.807) is 0 Å². The van der Waals surface area contributed by atoms with Gasteiger partial charge in [-0.2, -0.15) is 0 Å². The second-order valence-electron chi connectivity index (χ2n) is 4.34. The maximum absolute atomic E-state index is 11.9. The van der Waals surface area contributed by atoms with Crippen LogP contribution in [0.5, 0.6) is 0 Å². The van der Waals surface area contributed by atoms with E-state index in [-0.39, 0.29) is 6.04 Å². The lowest BCUT2D eigenvalue weighted by atomic mass is 10.2. The molecule has 0 aliphatic heterocycles. The normalized spacial score (nSPS) is 14.7. The molecule has 16 heavy (non-hydrogen) atoms. The van der Waals surface area contributed by atoms with E-state index in [1.165, 1.54) is 5.56 Å². The van der Waals surface area contributed by atoms with Gasteiger partial charge in [-0.3, -0.25) is 4.21 Å². The van der Waals surface area contributed by atoms with Crippen LogP contribution < -0.4 is 5.73 Å². The van der Waals surface area contributed by atoms with Gasteiger partial charge in [-0.15, -0.1) is 0 Å². The molecule has 1 rings (SSSR count). The maximum atomic E-state index is 11.9.